The number of nitrogens with two attached hydrogens (primary N) is 1. The quantitative estimate of drug-likeness (QED) is 0.815. The molecular weight excluding hydrogens is 238 g/mol. The summed E-state index contributed by atoms with van der Waals surface area (Å²) in [6, 6.07) is 6.11. The standard InChI is InChI=1S/C16H27NO2/c1-6-16(4,5)19-11-14-10-13(12(3)17)8-9-15(14)18-7-2/h8-10,12H,6-7,11,17H2,1-5H3. The summed E-state index contributed by atoms with van der Waals surface area (Å²) in [4.78, 5) is 0. The molecule has 0 aromatic heterocycles. The zero-order chi connectivity index (χ0) is 14.5. The molecule has 0 fully saturated rings. The maximum Gasteiger partial charge on any atom is 0.124 e. The highest BCUT2D eigenvalue weighted by Gasteiger charge is 2.17. The third kappa shape index (κ3) is 4.84. The summed E-state index contributed by atoms with van der Waals surface area (Å²) in [6.07, 6.45) is 0.976. The Labute approximate surface area is 117 Å². The Balaban J connectivity index is 2.91. The van der Waals surface area contributed by atoms with E-state index in [0.29, 0.717) is 13.2 Å². The Kier molecular flexibility index (Phi) is 5.83. The van der Waals surface area contributed by atoms with E-state index in [4.69, 9.17) is 15.2 Å². The lowest BCUT2D eigenvalue weighted by Crippen LogP contribution is -2.23. The average Bonchev–Trinajstić information content (AvgIpc) is 2.37. The van der Waals surface area contributed by atoms with Crippen molar-refractivity contribution in [2.45, 2.75) is 59.3 Å². The summed E-state index contributed by atoms with van der Waals surface area (Å²) in [6.45, 7) is 11.5. The highest BCUT2D eigenvalue weighted by molar-refractivity contribution is 5.38. The van der Waals surface area contributed by atoms with Gasteiger partial charge in [-0.15, -0.1) is 0 Å². The van der Waals surface area contributed by atoms with E-state index in [9.17, 15) is 0 Å². The lowest BCUT2D eigenvalue weighted by atomic mass is 10.0. The third-order valence-corrected chi connectivity index (χ3v) is 3.38. The number of benzene rings is 1. The SMILES string of the molecule is CCOc1ccc(C(C)N)cc1COC(C)(C)CC. The van der Waals surface area contributed by atoms with Gasteiger partial charge < -0.3 is 15.2 Å². The molecule has 108 valence electrons. The van der Waals surface area contributed by atoms with Crippen LogP contribution in [0.25, 0.3) is 0 Å². The van der Waals surface area contributed by atoms with E-state index in [-0.39, 0.29) is 11.6 Å². The van der Waals surface area contributed by atoms with Gasteiger partial charge in [0.1, 0.15) is 5.75 Å². The summed E-state index contributed by atoms with van der Waals surface area (Å²) in [7, 11) is 0. The molecule has 0 aliphatic heterocycles. The predicted octanol–water partition coefficient (Wildman–Crippen LogP) is 3.81. The van der Waals surface area contributed by atoms with Gasteiger partial charge in [0.2, 0.25) is 0 Å². The van der Waals surface area contributed by atoms with Crippen molar-refractivity contribution in [3.05, 3.63) is 29.3 Å². The minimum Gasteiger partial charge on any atom is -0.494 e. The van der Waals surface area contributed by atoms with E-state index in [1.807, 2.05) is 26.0 Å². The first-order valence-electron chi connectivity index (χ1n) is 7.04. The van der Waals surface area contributed by atoms with Crippen molar-refractivity contribution in [2.75, 3.05) is 6.61 Å². The minimum absolute atomic E-state index is 0.0219. The molecule has 0 spiro atoms. The maximum absolute atomic E-state index is 5.97. The first kappa shape index (κ1) is 16.0. The van der Waals surface area contributed by atoms with Crippen LogP contribution in [0, 0.1) is 0 Å². The largest absolute Gasteiger partial charge is 0.494 e. The van der Waals surface area contributed by atoms with Gasteiger partial charge in [0, 0.05) is 11.6 Å². The highest BCUT2D eigenvalue weighted by Crippen LogP contribution is 2.26. The fraction of sp³-hybridized carbons (Fsp3) is 0.625. The molecule has 19 heavy (non-hydrogen) atoms. The molecule has 1 aromatic rings. The summed E-state index contributed by atoms with van der Waals surface area (Å²) >= 11 is 0. The number of hydrogen-bond acceptors (Lipinski definition) is 3. The van der Waals surface area contributed by atoms with Crippen LogP contribution in [0.15, 0.2) is 18.2 Å². The molecule has 0 heterocycles. The van der Waals surface area contributed by atoms with Crippen molar-refractivity contribution in [3.8, 4) is 5.75 Å². The van der Waals surface area contributed by atoms with Gasteiger partial charge in [-0.05, 0) is 51.8 Å². The Morgan fingerprint density at radius 3 is 2.47 bits per heavy atom. The maximum atomic E-state index is 5.97. The molecule has 2 N–H and O–H groups in total. The third-order valence-electron chi connectivity index (χ3n) is 3.38. The second-order valence-electron chi connectivity index (χ2n) is 5.49. The van der Waals surface area contributed by atoms with Crippen LogP contribution in [0.4, 0.5) is 0 Å². The Morgan fingerprint density at radius 1 is 1.26 bits per heavy atom. The van der Waals surface area contributed by atoms with Crippen LogP contribution in [0.1, 0.15) is 58.2 Å². The zero-order valence-electron chi connectivity index (χ0n) is 12.8. The molecule has 0 amide bonds. The lowest BCUT2D eigenvalue weighted by molar-refractivity contribution is -0.0323. The molecule has 1 aromatic carbocycles. The molecule has 0 aliphatic rings. The van der Waals surface area contributed by atoms with Gasteiger partial charge in [-0.2, -0.15) is 0 Å². The molecule has 0 saturated heterocycles. The zero-order valence-corrected chi connectivity index (χ0v) is 12.8. The first-order valence-corrected chi connectivity index (χ1v) is 7.04. The normalized spacial score (nSPS) is 13.4. The molecule has 0 aliphatic carbocycles. The summed E-state index contributed by atoms with van der Waals surface area (Å²) in [5.41, 5.74) is 7.99. The highest BCUT2D eigenvalue weighted by atomic mass is 16.5. The van der Waals surface area contributed by atoms with E-state index >= 15 is 0 Å². The molecule has 3 nitrogen and oxygen atoms in total. The molecule has 3 heteroatoms. The van der Waals surface area contributed by atoms with Gasteiger partial charge in [0.15, 0.2) is 0 Å². The van der Waals surface area contributed by atoms with Crippen LogP contribution in [0.5, 0.6) is 5.75 Å². The topological polar surface area (TPSA) is 44.5 Å². The van der Waals surface area contributed by atoms with Crippen LogP contribution < -0.4 is 10.5 Å². The van der Waals surface area contributed by atoms with Gasteiger partial charge in [0.25, 0.3) is 0 Å². The molecule has 1 atom stereocenters. The molecule has 1 unspecified atom stereocenters. The predicted molar refractivity (Wildman–Crippen MR) is 79.4 cm³/mol. The van der Waals surface area contributed by atoms with Gasteiger partial charge >= 0.3 is 0 Å². The van der Waals surface area contributed by atoms with E-state index in [2.05, 4.69) is 26.8 Å². The summed E-state index contributed by atoms with van der Waals surface area (Å²) in [5.74, 6) is 0.888. The monoisotopic (exact) mass is 265 g/mol. The van der Waals surface area contributed by atoms with Gasteiger partial charge in [-0.3, -0.25) is 0 Å². The molecule has 1 rings (SSSR count). The Morgan fingerprint density at radius 2 is 1.95 bits per heavy atom. The van der Waals surface area contributed by atoms with Crippen molar-refractivity contribution in [3.63, 3.8) is 0 Å². The number of ether oxygens (including phenoxy) is 2. The van der Waals surface area contributed by atoms with Crippen molar-refractivity contribution < 1.29 is 9.47 Å². The lowest BCUT2D eigenvalue weighted by Gasteiger charge is -2.24. The minimum atomic E-state index is -0.117. The van der Waals surface area contributed by atoms with Crippen LogP contribution in [0.2, 0.25) is 0 Å². The van der Waals surface area contributed by atoms with E-state index in [1.54, 1.807) is 0 Å². The van der Waals surface area contributed by atoms with E-state index in [1.165, 1.54) is 0 Å². The second kappa shape index (κ2) is 6.92. The van der Waals surface area contributed by atoms with Crippen molar-refractivity contribution in [2.24, 2.45) is 5.73 Å². The van der Waals surface area contributed by atoms with Gasteiger partial charge in [-0.25, -0.2) is 0 Å². The number of hydrogen-bond donors (Lipinski definition) is 1. The Bertz CT molecular complexity index is 400. The average molecular weight is 265 g/mol. The molecular formula is C16H27NO2. The second-order valence-corrected chi connectivity index (χ2v) is 5.49. The smallest absolute Gasteiger partial charge is 0.124 e. The van der Waals surface area contributed by atoms with Crippen LogP contribution in [-0.2, 0) is 11.3 Å². The van der Waals surface area contributed by atoms with Gasteiger partial charge in [-0.1, -0.05) is 13.0 Å². The van der Waals surface area contributed by atoms with Gasteiger partial charge in [0.05, 0.1) is 18.8 Å². The molecule has 0 radical (unpaired) electrons. The van der Waals surface area contributed by atoms with Crippen LogP contribution >= 0.6 is 0 Å². The van der Waals surface area contributed by atoms with Crippen molar-refractivity contribution >= 4 is 0 Å². The van der Waals surface area contributed by atoms with Crippen molar-refractivity contribution in [1.82, 2.24) is 0 Å². The first-order chi connectivity index (χ1) is 8.89. The summed E-state index contributed by atoms with van der Waals surface area (Å²) in [5, 5.41) is 0. The van der Waals surface area contributed by atoms with Crippen LogP contribution in [0.3, 0.4) is 0 Å². The van der Waals surface area contributed by atoms with E-state index in [0.717, 1.165) is 23.3 Å². The summed E-state index contributed by atoms with van der Waals surface area (Å²) < 4.78 is 11.6. The fourth-order valence-electron chi connectivity index (χ4n) is 1.67. The van der Waals surface area contributed by atoms with Crippen LogP contribution in [-0.4, -0.2) is 12.2 Å². The fourth-order valence-corrected chi connectivity index (χ4v) is 1.67. The number of rotatable bonds is 7. The van der Waals surface area contributed by atoms with Crippen molar-refractivity contribution in [1.29, 1.82) is 0 Å². The molecule has 0 bridgehead atoms. The van der Waals surface area contributed by atoms with E-state index < -0.39 is 0 Å². The molecule has 0 saturated carbocycles. The Hall–Kier alpha value is -1.06.